The Morgan fingerprint density at radius 1 is 1.47 bits per heavy atom. The summed E-state index contributed by atoms with van der Waals surface area (Å²) in [5.41, 5.74) is 1.09. The third kappa shape index (κ3) is 2.82. The summed E-state index contributed by atoms with van der Waals surface area (Å²) in [5, 5.41) is 10.8. The van der Waals surface area contributed by atoms with Crippen LogP contribution in [-0.2, 0) is 11.3 Å². The summed E-state index contributed by atoms with van der Waals surface area (Å²) >= 11 is 0. The minimum Gasteiger partial charge on any atom is -0.363 e. The van der Waals surface area contributed by atoms with Crippen LogP contribution in [0.3, 0.4) is 0 Å². The van der Waals surface area contributed by atoms with E-state index in [1.165, 1.54) is 0 Å². The van der Waals surface area contributed by atoms with Gasteiger partial charge in [0.15, 0.2) is 5.82 Å². The molecule has 0 amide bonds. The van der Waals surface area contributed by atoms with Gasteiger partial charge in [-0.1, -0.05) is 5.16 Å². The summed E-state index contributed by atoms with van der Waals surface area (Å²) in [6, 6.07) is 1.98. The Labute approximate surface area is 110 Å². The first-order valence-electron chi connectivity index (χ1n) is 6.37. The zero-order valence-electron chi connectivity index (χ0n) is 11.0. The van der Waals surface area contributed by atoms with Gasteiger partial charge in [-0.15, -0.1) is 0 Å². The molecule has 0 radical (unpaired) electrons. The largest absolute Gasteiger partial charge is 0.363 e. The molecule has 7 heteroatoms. The van der Waals surface area contributed by atoms with E-state index in [-0.39, 0.29) is 12.2 Å². The second kappa shape index (κ2) is 5.10. The number of nitrogens with one attached hydrogen (secondary N) is 1. The van der Waals surface area contributed by atoms with Crippen LogP contribution >= 0.6 is 0 Å². The van der Waals surface area contributed by atoms with E-state index in [0.717, 1.165) is 25.3 Å². The van der Waals surface area contributed by atoms with Crippen LogP contribution in [0.1, 0.15) is 30.4 Å². The quantitative estimate of drug-likeness (QED) is 0.892. The van der Waals surface area contributed by atoms with Crippen molar-refractivity contribution in [2.45, 2.75) is 32.6 Å². The van der Waals surface area contributed by atoms with Crippen LogP contribution in [0.25, 0.3) is 0 Å². The third-order valence-electron chi connectivity index (χ3n) is 3.11. The monoisotopic (exact) mass is 263 g/mol. The predicted octanol–water partition coefficient (Wildman–Crippen LogP) is 1.06. The maximum atomic E-state index is 5.87. The minimum atomic E-state index is -0.159. The van der Waals surface area contributed by atoms with Gasteiger partial charge in [0, 0.05) is 31.5 Å². The molecule has 0 bridgehead atoms. The van der Waals surface area contributed by atoms with E-state index in [0.29, 0.717) is 11.7 Å². The number of ether oxygens (including phenoxy) is 1. The molecule has 1 aliphatic heterocycles. The third-order valence-corrected chi connectivity index (χ3v) is 3.11. The molecule has 102 valence electrons. The van der Waals surface area contributed by atoms with Crippen molar-refractivity contribution in [3.8, 4) is 0 Å². The van der Waals surface area contributed by atoms with Gasteiger partial charge in [0.25, 0.3) is 5.89 Å². The van der Waals surface area contributed by atoms with Crippen LogP contribution in [0.4, 0.5) is 0 Å². The molecule has 1 N–H and O–H groups in total. The number of morpholine rings is 1. The number of aryl methyl sites for hydroxylation is 1. The van der Waals surface area contributed by atoms with Crippen molar-refractivity contribution in [2.24, 2.45) is 0 Å². The van der Waals surface area contributed by atoms with Gasteiger partial charge in [0.1, 0.15) is 6.10 Å². The van der Waals surface area contributed by atoms with Crippen molar-refractivity contribution < 1.29 is 9.26 Å². The van der Waals surface area contributed by atoms with E-state index in [1.54, 1.807) is 6.20 Å². The lowest BCUT2D eigenvalue weighted by atomic mass is 10.2. The zero-order chi connectivity index (χ0) is 13.2. The number of hydrogen-bond donors (Lipinski definition) is 1. The average Bonchev–Trinajstić information content (AvgIpc) is 3.00. The highest BCUT2D eigenvalue weighted by atomic mass is 16.5. The number of aromatic nitrogens is 4. The van der Waals surface area contributed by atoms with Gasteiger partial charge < -0.3 is 9.26 Å². The molecule has 1 fully saturated rings. The normalized spacial score (nSPS) is 24.7. The molecule has 1 saturated heterocycles. The molecule has 1 aliphatic rings. The molecular formula is C12H17N5O2. The van der Waals surface area contributed by atoms with E-state index in [4.69, 9.17) is 9.26 Å². The van der Waals surface area contributed by atoms with Gasteiger partial charge in [0.2, 0.25) is 0 Å². The predicted molar refractivity (Wildman–Crippen MR) is 66.2 cm³/mol. The second-order valence-electron chi connectivity index (χ2n) is 4.89. The van der Waals surface area contributed by atoms with E-state index < -0.39 is 0 Å². The lowest BCUT2D eigenvalue weighted by molar-refractivity contribution is -0.0933. The van der Waals surface area contributed by atoms with Gasteiger partial charge in [-0.3, -0.25) is 10.00 Å². The van der Waals surface area contributed by atoms with Crippen molar-refractivity contribution in [3.05, 3.63) is 29.7 Å². The molecule has 19 heavy (non-hydrogen) atoms. The first-order valence-corrected chi connectivity index (χ1v) is 6.37. The summed E-state index contributed by atoms with van der Waals surface area (Å²) in [4.78, 5) is 6.55. The SMILES string of the molecule is Cc1noc([C@H]2CN(Cc3ccn[nH]3)C[C@@H](C)O2)n1. The highest BCUT2D eigenvalue weighted by Crippen LogP contribution is 2.24. The van der Waals surface area contributed by atoms with Crippen molar-refractivity contribution in [3.63, 3.8) is 0 Å². The lowest BCUT2D eigenvalue weighted by Gasteiger charge is -2.34. The number of aromatic amines is 1. The van der Waals surface area contributed by atoms with E-state index >= 15 is 0 Å². The zero-order valence-corrected chi connectivity index (χ0v) is 11.0. The standard InChI is InChI=1S/C12H17N5O2/c1-8-5-17(6-10-3-4-13-15-10)7-11(18-8)12-14-9(2)16-19-12/h3-4,8,11H,5-7H2,1-2H3,(H,13,15)/t8-,11-/m1/s1. The Hall–Kier alpha value is -1.73. The molecule has 2 aromatic rings. The Kier molecular flexibility index (Phi) is 3.31. The molecule has 2 atom stereocenters. The summed E-state index contributed by atoms with van der Waals surface area (Å²) in [6.07, 6.45) is 1.74. The van der Waals surface area contributed by atoms with E-state index in [2.05, 4.69) is 32.2 Å². The summed E-state index contributed by atoms with van der Waals surface area (Å²) in [5.74, 6) is 1.19. The highest BCUT2D eigenvalue weighted by molar-refractivity contribution is 4.99. The van der Waals surface area contributed by atoms with Crippen molar-refractivity contribution >= 4 is 0 Å². The van der Waals surface area contributed by atoms with Crippen LogP contribution in [0.15, 0.2) is 16.8 Å². The molecule has 3 rings (SSSR count). The van der Waals surface area contributed by atoms with Crippen molar-refractivity contribution in [1.29, 1.82) is 0 Å². The van der Waals surface area contributed by atoms with Gasteiger partial charge >= 0.3 is 0 Å². The molecule has 2 aromatic heterocycles. The van der Waals surface area contributed by atoms with Gasteiger partial charge in [-0.05, 0) is 19.9 Å². The lowest BCUT2D eigenvalue weighted by Crippen LogP contribution is -2.42. The molecule has 0 unspecified atom stereocenters. The molecule has 0 aliphatic carbocycles. The number of rotatable bonds is 3. The molecular weight excluding hydrogens is 246 g/mol. The second-order valence-corrected chi connectivity index (χ2v) is 4.89. The van der Waals surface area contributed by atoms with Gasteiger partial charge in [-0.25, -0.2) is 0 Å². The van der Waals surface area contributed by atoms with Crippen LogP contribution in [0.2, 0.25) is 0 Å². The number of H-pyrrole nitrogens is 1. The van der Waals surface area contributed by atoms with Crippen LogP contribution in [0, 0.1) is 6.92 Å². The fourth-order valence-corrected chi connectivity index (χ4v) is 2.36. The van der Waals surface area contributed by atoms with E-state index in [1.807, 2.05) is 13.0 Å². The van der Waals surface area contributed by atoms with Crippen LogP contribution < -0.4 is 0 Å². The molecule has 0 saturated carbocycles. The summed E-state index contributed by atoms with van der Waals surface area (Å²) in [6.45, 7) is 6.29. The first-order chi connectivity index (χ1) is 9.20. The van der Waals surface area contributed by atoms with Crippen LogP contribution in [0.5, 0.6) is 0 Å². The highest BCUT2D eigenvalue weighted by Gasteiger charge is 2.30. The Balaban J connectivity index is 1.70. The van der Waals surface area contributed by atoms with E-state index in [9.17, 15) is 0 Å². The molecule has 0 aromatic carbocycles. The minimum absolute atomic E-state index is 0.133. The fourth-order valence-electron chi connectivity index (χ4n) is 2.36. The first kappa shape index (κ1) is 12.3. The van der Waals surface area contributed by atoms with Crippen molar-refractivity contribution in [2.75, 3.05) is 13.1 Å². The molecule has 3 heterocycles. The summed E-state index contributed by atoms with van der Waals surface area (Å²) < 4.78 is 11.1. The topological polar surface area (TPSA) is 80.1 Å². The van der Waals surface area contributed by atoms with Crippen LogP contribution in [-0.4, -0.2) is 44.4 Å². The van der Waals surface area contributed by atoms with Gasteiger partial charge in [-0.2, -0.15) is 10.1 Å². The van der Waals surface area contributed by atoms with Crippen molar-refractivity contribution in [1.82, 2.24) is 25.2 Å². The number of nitrogens with zero attached hydrogens (tertiary/aromatic N) is 4. The fraction of sp³-hybridized carbons (Fsp3) is 0.583. The maximum absolute atomic E-state index is 5.87. The Bertz CT molecular complexity index is 524. The number of hydrogen-bond acceptors (Lipinski definition) is 6. The maximum Gasteiger partial charge on any atom is 0.257 e. The average molecular weight is 263 g/mol. The Morgan fingerprint density at radius 3 is 3.05 bits per heavy atom. The summed E-state index contributed by atoms with van der Waals surface area (Å²) in [7, 11) is 0. The Morgan fingerprint density at radius 2 is 2.37 bits per heavy atom. The molecule has 0 spiro atoms. The van der Waals surface area contributed by atoms with Gasteiger partial charge in [0.05, 0.1) is 6.10 Å². The smallest absolute Gasteiger partial charge is 0.257 e. The molecule has 7 nitrogen and oxygen atoms in total.